The third kappa shape index (κ3) is 9.03. The predicted octanol–water partition coefficient (Wildman–Crippen LogP) is 4.89. The average molecular weight is 495 g/mol. The molecular weight excluding hydrogens is 460 g/mol. The van der Waals surface area contributed by atoms with E-state index < -0.39 is 0 Å². The van der Waals surface area contributed by atoms with E-state index >= 15 is 0 Å². The van der Waals surface area contributed by atoms with Gasteiger partial charge in [-0.05, 0) is 25.3 Å². The van der Waals surface area contributed by atoms with Crippen LogP contribution < -0.4 is 5.56 Å². The number of hydrogen-bond acceptors (Lipinski definition) is 7. The maximum atomic E-state index is 12.6. The fourth-order valence-corrected chi connectivity index (χ4v) is 4.70. The van der Waals surface area contributed by atoms with Crippen molar-refractivity contribution < 1.29 is 9.53 Å². The van der Waals surface area contributed by atoms with Crippen LogP contribution in [0.15, 0.2) is 59.1 Å². The summed E-state index contributed by atoms with van der Waals surface area (Å²) in [6, 6.07) is 7.80. The SMILES string of the molecule is COCCn1cc(Cc2cncnc2)c(=O)nc1SCCCCCCCC(=O)c1ccc(C)cc1. The van der Waals surface area contributed by atoms with Gasteiger partial charge in [-0.3, -0.25) is 9.59 Å². The Kier molecular flexibility index (Phi) is 11.1. The van der Waals surface area contributed by atoms with Crippen molar-refractivity contribution in [1.82, 2.24) is 19.5 Å². The molecule has 0 aliphatic heterocycles. The molecule has 186 valence electrons. The van der Waals surface area contributed by atoms with Gasteiger partial charge in [0.25, 0.3) is 5.56 Å². The van der Waals surface area contributed by atoms with E-state index in [1.807, 2.05) is 42.0 Å². The van der Waals surface area contributed by atoms with Crippen LogP contribution in [0.3, 0.4) is 0 Å². The lowest BCUT2D eigenvalue weighted by molar-refractivity contribution is 0.0979. The molecule has 0 unspecified atom stereocenters. The summed E-state index contributed by atoms with van der Waals surface area (Å²) in [6.45, 7) is 3.21. The van der Waals surface area contributed by atoms with Gasteiger partial charge in [0.2, 0.25) is 0 Å². The molecule has 0 saturated heterocycles. The molecule has 8 heteroatoms. The maximum absolute atomic E-state index is 12.6. The molecule has 0 radical (unpaired) electrons. The highest BCUT2D eigenvalue weighted by molar-refractivity contribution is 7.99. The molecule has 35 heavy (non-hydrogen) atoms. The fraction of sp³-hybridized carbons (Fsp3) is 0.444. The second kappa shape index (κ2) is 14.5. The highest BCUT2D eigenvalue weighted by atomic mass is 32.2. The first-order valence-corrected chi connectivity index (χ1v) is 13.1. The molecule has 2 aromatic heterocycles. The molecule has 0 aliphatic rings. The number of hydrogen-bond donors (Lipinski definition) is 0. The van der Waals surface area contributed by atoms with Crippen molar-refractivity contribution in [1.29, 1.82) is 0 Å². The summed E-state index contributed by atoms with van der Waals surface area (Å²) in [6.07, 6.45) is 13.1. The number of ketones is 1. The quantitative estimate of drug-likeness (QED) is 0.129. The number of methoxy groups -OCH3 is 1. The highest BCUT2D eigenvalue weighted by Crippen LogP contribution is 2.19. The Morgan fingerprint density at radius 2 is 1.74 bits per heavy atom. The number of rotatable bonds is 15. The lowest BCUT2D eigenvalue weighted by Gasteiger charge is -2.13. The van der Waals surface area contributed by atoms with Gasteiger partial charge in [-0.15, -0.1) is 0 Å². The Morgan fingerprint density at radius 3 is 2.49 bits per heavy atom. The van der Waals surface area contributed by atoms with E-state index in [0.717, 1.165) is 54.1 Å². The third-order valence-electron chi connectivity index (χ3n) is 5.73. The van der Waals surface area contributed by atoms with Crippen molar-refractivity contribution in [2.75, 3.05) is 19.5 Å². The summed E-state index contributed by atoms with van der Waals surface area (Å²) < 4.78 is 7.25. The first kappa shape index (κ1) is 26.8. The predicted molar refractivity (Wildman–Crippen MR) is 139 cm³/mol. The van der Waals surface area contributed by atoms with Crippen molar-refractivity contribution in [3.63, 3.8) is 0 Å². The molecule has 0 atom stereocenters. The van der Waals surface area contributed by atoms with Crippen molar-refractivity contribution >= 4 is 17.5 Å². The van der Waals surface area contributed by atoms with Crippen LogP contribution in [-0.4, -0.2) is 44.8 Å². The zero-order valence-electron chi connectivity index (χ0n) is 20.6. The van der Waals surface area contributed by atoms with Gasteiger partial charge in [0, 0.05) is 62.0 Å². The van der Waals surface area contributed by atoms with E-state index in [9.17, 15) is 9.59 Å². The fourth-order valence-electron chi connectivity index (χ4n) is 3.71. The summed E-state index contributed by atoms with van der Waals surface area (Å²) in [5.74, 6) is 1.12. The van der Waals surface area contributed by atoms with Gasteiger partial charge >= 0.3 is 0 Å². The first-order valence-electron chi connectivity index (χ1n) is 12.1. The average Bonchev–Trinajstić information content (AvgIpc) is 2.87. The summed E-state index contributed by atoms with van der Waals surface area (Å²) in [7, 11) is 1.67. The van der Waals surface area contributed by atoms with E-state index in [1.165, 1.54) is 11.9 Å². The second-order valence-corrected chi connectivity index (χ2v) is 9.68. The van der Waals surface area contributed by atoms with Crippen LogP contribution in [-0.2, 0) is 17.7 Å². The van der Waals surface area contributed by atoms with Crippen LogP contribution >= 0.6 is 11.8 Å². The number of benzene rings is 1. The van der Waals surface area contributed by atoms with Crippen LogP contribution in [0.4, 0.5) is 0 Å². The topological polar surface area (TPSA) is 87.0 Å². The van der Waals surface area contributed by atoms with Crippen LogP contribution in [0.5, 0.6) is 0 Å². The number of nitrogens with zero attached hydrogens (tertiary/aromatic N) is 4. The Balaban J connectivity index is 1.42. The Labute approximate surface area is 211 Å². The maximum Gasteiger partial charge on any atom is 0.277 e. The van der Waals surface area contributed by atoms with E-state index in [-0.39, 0.29) is 11.3 Å². The monoisotopic (exact) mass is 494 g/mol. The molecule has 0 fully saturated rings. The molecule has 0 N–H and O–H groups in total. The zero-order chi connectivity index (χ0) is 24.9. The number of Topliss-reactive ketones (excluding diaryl/α,β-unsaturated/α-hetero) is 1. The van der Waals surface area contributed by atoms with Crippen molar-refractivity contribution in [3.05, 3.63) is 81.8 Å². The van der Waals surface area contributed by atoms with Gasteiger partial charge in [0.15, 0.2) is 10.9 Å². The van der Waals surface area contributed by atoms with Gasteiger partial charge < -0.3 is 9.30 Å². The van der Waals surface area contributed by atoms with Crippen LogP contribution in [0, 0.1) is 6.92 Å². The van der Waals surface area contributed by atoms with Gasteiger partial charge in [0.05, 0.1) is 6.61 Å². The first-order chi connectivity index (χ1) is 17.1. The standard InChI is InChI=1S/C27H34N4O3S/c1-21-9-11-23(12-10-21)25(32)8-6-4-3-5-7-15-35-27-30-26(33)24(19-31(27)13-14-34-2)16-22-17-28-20-29-18-22/h9-12,17-20H,3-8,13-16H2,1-2H3. The summed E-state index contributed by atoms with van der Waals surface area (Å²) >= 11 is 1.61. The molecule has 0 saturated carbocycles. The largest absolute Gasteiger partial charge is 0.383 e. The summed E-state index contributed by atoms with van der Waals surface area (Å²) in [5.41, 5.74) is 3.28. The van der Waals surface area contributed by atoms with Gasteiger partial charge in [-0.25, -0.2) is 9.97 Å². The lowest BCUT2D eigenvalue weighted by atomic mass is 10.0. The van der Waals surface area contributed by atoms with E-state index in [4.69, 9.17) is 4.74 Å². The number of unbranched alkanes of at least 4 members (excludes halogenated alkanes) is 4. The molecule has 0 spiro atoms. The molecule has 0 bridgehead atoms. The van der Waals surface area contributed by atoms with E-state index in [0.29, 0.717) is 31.6 Å². The Morgan fingerprint density at radius 1 is 1.03 bits per heavy atom. The normalized spacial score (nSPS) is 11.0. The molecule has 0 amide bonds. The number of thioether (sulfide) groups is 1. The Bertz CT molecular complexity index is 1120. The number of ether oxygens (including phenoxy) is 1. The van der Waals surface area contributed by atoms with Gasteiger partial charge in [-0.2, -0.15) is 4.98 Å². The second-order valence-electron chi connectivity index (χ2n) is 8.62. The Hall–Kier alpha value is -2.84. The summed E-state index contributed by atoms with van der Waals surface area (Å²) in [4.78, 5) is 37.3. The minimum atomic E-state index is -0.205. The number of aromatic nitrogens is 4. The molecule has 3 rings (SSSR count). The van der Waals surface area contributed by atoms with Crippen molar-refractivity contribution in [2.24, 2.45) is 0 Å². The number of aryl methyl sites for hydroxylation is 1. The number of carbonyl (C=O) groups is 1. The van der Waals surface area contributed by atoms with Crippen LogP contribution in [0.25, 0.3) is 0 Å². The molecule has 3 aromatic rings. The van der Waals surface area contributed by atoms with Crippen LogP contribution in [0.2, 0.25) is 0 Å². The zero-order valence-corrected chi connectivity index (χ0v) is 21.4. The molecule has 7 nitrogen and oxygen atoms in total. The smallest absolute Gasteiger partial charge is 0.277 e. The minimum Gasteiger partial charge on any atom is -0.383 e. The molecular formula is C27H34N4O3S. The van der Waals surface area contributed by atoms with Crippen molar-refractivity contribution in [3.8, 4) is 0 Å². The van der Waals surface area contributed by atoms with Gasteiger partial charge in [-0.1, -0.05) is 60.9 Å². The van der Waals surface area contributed by atoms with E-state index in [1.54, 1.807) is 31.3 Å². The highest BCUT2D eigenvalue weighted by Gasteiger charge is 2.11. The number of carbonyl (C=O) groups excluding carboxylic acids is 1. The van der Waals surface area contributed by atoms with E-state index in [2.05, 4.69) is 15.0 Å². The minimum absolute atomic E-state index is 0.205. The molecule has 2 heterocycles. The molecule has 1 aromatic carbocycles. The third-order valence-corrected chi connectivity index (χ3v) is 6.80. The van der Waals surface area contributed by atoms with Crippen LogP contribution in [0.1, 0.15) is 65.6 Å². The van der Waals surface area contributed by atoms with Crippen molar-refractivity contribution in [2.45, 2.75) is 63.6 Å². The molecule has 0 aliphatic carbocycles. The van der Waals surface area contributed by atoms with Gasteiger partial charge in [0.1, 0.15) is 6.33 Å². The lowest BCUT2D eigenvalue weighted by Crippen LogP contribution is -2.21. The summed E-state index contributed by atoms with van der Waals surface area (Å²) in [5, 5.41) is 0.726.